The Morgan fingerprint density at radius 2 is 2.19 bits per heavy atom. The number of nitro groups is 1. The minimum atomic E-state index is -0.487. The highest BCUT2D eigenvalue weighted by molar-refractivity contribution is 5.95. The van der Waals surface area contributed by atoms with Gasteiger partial charge in [0.25, 0.3) is 11.6 Å². The van der Waals surface area contributed by atoms with Crippen LogP contribution in [0, 0.1) is 10.1 Å². The van der Waals surface area contributed by atoms with E-state index in [9.17, 15) is 14.9 Å². The summed E-state index contributed by atoms with van der Waals surface area (Å²) >= 11 is 0. The van der Waals surface area contributed by atoms with Crippen molar-refractivity contribution in [3.8, 4) is 0 Å². The molecule has 2 rings (SSSR count). The van der Waals surface area contributed by atoms with E-state index in [4.69, 9.17) is 4.42 Å². The zero-order valence-electron chi connectivity index (χ0n) is 11.5. The molecule has 0 fully saturated rings. The average molecular weight is 289 g/mol. The number of carbonyl (C=O) groups excluding carboxylic acids is 1. The molecule has 0 spiro atoms. The fourth-order valence-corrected chi connectivity index (χ4v) is 1.83. The van der Waals surface area contributed by atoms with Gasteiger partial charge >= 0.3 is 0 Å². The van der Waals surface area contributed by atoms with E-state index >= 15 is 0 Å². The molecule has 110 valence electrons. The fourth-order valence-electron chi connectivity index (χ4n) is 1.83. The maximum Gasteiger partial charge on any atom is 0.292 e. The monoisotopic (exact) mass is 289 g/mol. The van der Waals surface area contributed by atoms with Gasteiger partial charge in [-0.3, -0.25) is 14.9 Å². The standard InChI is InChI=1S/C14H15N3O4/c1-2-15-14(18)11-3-4-13(17(19)20)12(7-11)16-8-10-5-6-21-9-10/h3-7,9,16H,2,8H2,1H3,(H,15,18). The van der Waals surface area contributed by atoms with E-state index in [1.165, 1.54) is 24.5 Å². The molecule has 1 aromatic heterocycles. The molecular weight excluding hydrogens is 274 g/mol. The van der Waals surface area contributed by atoms with Gasteiger partial charge < -0.3 is 15.1 Å². The lowest BCUT2D eigenvalue weighted by atomic mass is 10.1. The Hall–Kier alpha value is -2.83. The Morgan fingerprint density at radius 3 is 2.81 bits per heavy atom. The van der Waals surface area contributed by atoms with E-state index in [1.54, 1.807) is 19.3 Å². The van der Waals surface area contributed by atoms with Crippen molar-refractivity contribution in [2.45, 2.75) is 13.5 Å². The number of nitrogens with zero attached hydrogens (tertiary/aromatic N) is 1. The third kappa shape index (κ3) is 3.59. The zero-order chi connectivity index (χ0) is 15.2. The molecule has 0 saturated heterocycles. The summed E-state index contributed by atoms with van der Waals surface area (Å²) in [6, 6.07) is 5.99. The average Bonchev–Trinajstić information content (AvgIpc) is 2.98. The summed E-state index contributed by atoms with van der Waals surface area (Å²) in [5.74, 6) is -0.265. The number of hydrogen-bond donors (Lipinski definition) is 2. The van der Waals surface area contributed by atoms with E-state index < -0.39 is 4.92 Å². The lowest BCUT2D eigenvalue weighted by Crippen LogP contribution is -2.22. The molecule has 2 N–H and O–H groups in total. The van der Waals surface area contributed by atoms with E-state index in [0.717, 1.165) is 5.56 Å². The van der Waals surface area contributed by atoms with Crippen molar-refractivity contribution in [2.75, 3.05) is 11.9 Å². The minimum Gasteiger partial charge on any atom is -0.472 e. The van der Waals surface area contributed by atoms with Crippen LogP contribution >= 0.6 is 0 Å². The first-order valence-corrected chi connectivity index (χ1v) is 6.43. The van der Waals surface area contributed by atoms with Crippen LogP contribution in [0.3, 0.4) is 0 Å². The molecule has 7 nitrogen and oxygen atoms in total. The van der Waals surface area contributed by atoms with Crippen LogP contribution in [0.1, 0.15) is 22.8 Å². The Bertz CT molecular complexity index is 638. The number of nitro benzene ring substituents is 1. The Morgan fingerprint density at radius 1 is 1.38 bits per heavy atom. The van der Waals surface area contributed by atoms with Gasteiger partial charge in [0.05, 0.1) is 17.4 Å². The second kappa shape index (κ2) is 6.56. The van der Waals surface area contributed by atoms with Gasteiger partial charge in [-0.25, -0.2) is 0 Å². The first-order chi connectivity index (χ1) is 10.1. The lowest BCUT2D eigenvalue weighted by molar-refractivity contribution is -0.384. The van der Waals surface area contributed by atoms with Gasteiger partial charge in [-0.1, -0.05) is 0 Å². The molecule has 21 heavy (non-hydrogen) atoms. The molecule has 7 heteroatoms. The van der Waals surface area contributed by atoms with Gasteiger partial charge in [-0.15, -0.1) is 0 Å². The number of hydrogen-bond acceptors (Lipinski definition) is 5. The van der Waals surface area contributed by atoms with Gasteiger partial charge in [0.15, 0.2) is 0 Å². The predicted octanol–water partition coefficient (Wildman–Crippen LogP) is 2.55. The summed E-state index contributed by atoms with van der Waals surface area (Å²) < 4.78 is 4.94. The molecule has 0 atom stereocenters. The number of furan rings is 1. The van der Waals surface area contributed by atoms with Gasteiger partial charge in [-0.05, 0) is 25.1 Å². The van der Waals surface area contributed by atoms with Crippen LogP contribution in [0.25, 0.3) is 0 Å². The first-order valence-electron chi connectivity index (χ1n) is 6.43. The SMILES string of the molecule is CCNC(=O)c1ccc([N+](=O)[O-])c(NCc2ccoc2)c1. The quantitative estimate of drug-likeness (QED) is 0.629. The number of benzene rings is 1. The molecule has 1 heterocycles. The van der Waals surface area contributed by atoms with Gasteiger partial charge in [0.2, 0.25) is 0 Å². The highest BCUT2D eigenvalue weighted by atomic mass is 16.6. The Balaban J connectivity index is 2.24. The van der Waals surface area contributed by atoms with Crippen molar-refractivity contribution in [3.63, 3.8) is 0 Å². The molecule has 0 bridgehead atoms. The van der Waals surface area contributed by atoms with Crippen molar-refractivity contribution < 1.29 is 14.1 Å². The smallest absolute Gasteiger partial charge is 0.292 e. The van der Waals surface area contributed by atoms with Crippen LogP contribution in [0.15, 0.2) is 41.2 Å². The maximum atomic E-state index is 11.8. The second-order valence-corrected chi connectivity index (χ2v) is 4.33. The van der Waals surface area contributed by atoms with Crippen LogP contribution in [0.2, 0.25) is 0 Å². The Kier molecular flexibility index (Phi) is 4.55. The normalized spacial score (nSPS) is 10.1. The molecule has 2 aromatic rings. The van der Waals surface area contributed by atoms with Crippen LogP contribution < -0.4 is 10.6 Å². The first kappa shape index (κ1) is 14.6. The summed E-state index contributed by atoms with van der Waals surface area (Å²) in [5.41, 5.74) is 1.45. The molecule has 0 aliphatic heterocycles. The Labute approximate surface area is 121 Å². The molecule has 0 aliphatic carbocycles. The molecule has 0 radical (unpaired) electrons. The number of anilines is 1. The fraction of sp³-hybridized carbons (Fsp3) is 0.214. The highest BCUT2D eigenvalue weighted by Gasteiger charge is 2.16. The van der Waals surface area contributed by atoms with E-state index in [2.05, 4.69) is 10.6 Å². The summed E-state index contributed by atoms with van der Waals surface area (Å²) in [7, 11) is 0. The molecule has 0 saturated carbocycles. The number of rotatable bonds is 6. The van der Waals surface area contributed by atoms with Crippen LogP contribution in [0.4, 0.5) is 11.4 Å². The van der Waals surface area contributed by atoms with Crippen LogP contribution in [-0.2, 0) is 6.54 Å². The van der Waals surface area contributed by atoms with Crippen molar-refractivity contribution >= 4 is 17.3 Å². The van der Waals surface area contributed by atoms with Crippen molar-refractivity contribution in [1.29, 1.82) is 0 Å². The largest absolute Gasteiger partial charge is 0.472 e. The van der Waals surface area contributed by atoms with E-state index in [0.29, 0.717) is 24.3 Å². The van der Waals surface area contributed by atoms with E-state index in [-0.39, 0.29) is 11.6 Å². The van der Waals surface area contributed by atoms with Crippen molar-refractivity contribution in [1.82, 2.24) is 5.32 Å². The molecule has 1 amide bonds. The molecule has 1 aromatic carbocycles. The van der Waals surface area contributed by atoms with Gasteiger partial charge in [-0.2, -0.15) is 0 Å². The summed E-state index contributed by atoms with van der Waals surface area (Å²) in [6.45, 7) is 2.67. The van der Waals surface area contributed by atoms with E-state index in [1.807, 2.05) is 0 Å². The third-order valence-electron chi connectivity index (χ3n) is 2.86. The van der Waals surface area contributed by atoms with Crippen LogP contribution in [0.5, 0.6) is 0 Å². The lowest BCUT2D eigenvalue weighted by Gasteiger charge is -2.08. The van der Waals surface area contributed by atoms with Crippen LogP contribution in [-0.4, -0.2) is 17.4 Å². The summed E-state index contributed by atoms with van der Waals surface area (Å²) in [6.07, 6.45) is 3.07. The molecular formula is C14H15N3O4. The highest BCUT2D eigenvalue weighted by Crippen LogP contribution is 2.26. The maximum absolute atomic E-state index is 11.8. The van der Waals surface area contributed by atoms with Gasteiger partial charge in [0, 0.05) is 30.3 Å². The molecule has 0 aliphatic rings. The molecule has 0 unspecified atom stereocenters. The number of amides is 1. The topological polar surface area (TPSA) is 97.4 Å². The van der Waals surface area contributed by atoms with Gasteiger partial charge in [0.1, 0.15) is 5.69 Å². The van der Waals surface area contributed by atoms with Crippen molar-refractivity contribution in [2.24, 2.45) is 0 Å². The van der Waals surface area contributed by atoms with Crippen molar-refractivity contribution in [3.05, 3.63) is 58.0 Å². The predicted molar refractivity (Wildman–Crippen MR) is 77.1 cm³/mol. The zero-order valence-corrected chi connectivity index (χ0v) is 11.5. The minimum absolute atomic E-state index is 0.0773. The summed E-state index contributed by atoms with van der Waals surface area (Å²) in [5, 5.41) is 16.6. The second-order valence-electron chi connectivity index (χ2n) is 4.33. The number of nitrogens with one attached hydrogen (secondary N) is 2. The number of carbonyl (C=O) groups is 1. The third-order valence-corrected chi connectivity index (χ3v) is 2.86. The summed E-state index contributed by atoms with van der Waals surface area (Å²) in [4.78, 5) is 22.3.